The number of hydrogen-bond donors (Lipinski definition) is 0. The molecule has 0 saturated carbocycles. The lowest BCUT2D eigenvalue weighted by Crippen LogP contribution is -2.23. The van der Waals surface area contributed by atoms with E-state index in [1.54, 1.807) is 6.08 Å². The van der Waals surface area contributed by atoms with Crippen molar-refractivity contribution in [1.82, 2.24) is 0 Å². The summed E-state index contributed by atoms with van der Waals surface area (Å²) in [5, 5.41) is 22.2. The number of nitro groups is 2. The van der Waals surface area contributed by atoms with E-state index in [9.17, 15) is 20.2 Å². The van der Waals surface area contributed by atoms with Gasteiger partial charge in [0.25, 0.3) is 11.4 Å². The third-order valence-electron chi connectivity index (χ3n) is 4.01. The van der Waals surface area contributed by atoms with Crippen LogP contribution in [0.3, 0.4) is 0 Å². The quantitative estimate of drug-likeness (QED) is 0.609. The van der Waals surface area contributed by atoms with E-state index in [0.29, 0.717) is 12.1 Å². The number of rotatable bonds is 4. The molecule has 0 N–H and O–H groups in total. The van der Waals surface area contributed by atoms with Gasteiger partial charge in [0.15, 0.2) is 0 Å². The second-order valence-corrected chi connectivity index (χ2v) is 5.46. The van der Waals surface area contributed by atoms with Gasteiger partial charge in [0.1, 0.15) is 0 Å². The minimum absolute atomic E-state index is 0.287. The number of nitrogens with zero attached hydrogens (tertiary/aromatic N) is 3. The first-order valence-corrected chi connectivity index (χ1v) is 7.70. The molecule has 0 bridgehead atoms. The molecule has 1 heterocycles. The molecule has 0 aliphatic carbocycles. The van der Waals surface area contributed by atoms with Crippen molar-refractivity contribution in [1.29, 1.82) is 0 Å². The van der Waals surface area contributed by atoms with Gasteiger partial charge in [0, 0.05) is 24.0 Å². The van der Waals surface area contributed by atoms with Gasteiger partial charge >= 0.3 is 0 Å². The van der Waals surface area contributed by atoms with Crippen LogP contribution in [0.1, 0.15) is 18.1 Å². The van der Waals surface area contributed by atoms with Crippen LogP contribution in [0.5, 0.6) is 0 Å². The molecule has 0 atom stereocenters. The fourth-order valence-electron chi connectivity index (χ4n) is 2.84. The zero-order chi connectivity index (χ0) is 18.0. The molecule has 7 heteroatoms. The summed E-state index contributed by atoms with van der Waals surface area (Å²) >= 11 is 0. The number of allylic oxidation sites excluding steroid dienone is 1. The molecule has 2 aromatic rings. The zero-order valence-corrected chi connectivity index (χ0v) is 13.5. The number of nitro benzene ring substituents is 2. The zero-order valence-electron chi connectivity index (χ0n) is 13.5. The Balaban J connectivity index is 2.09. The van der Waals surface area contributed by atoms with Crippen molar-refractivity contribution in [3.05, 3.63) is 85.6 Å². The maximum atomic E-state index is 11.3. The topological polar surface area (TPSA) is 89.5 Å². The van der Waals surface area contributed by atoms with Crippen molar-refractivity contribution in [2.24, 2.45) is 0 Å². The Labute approximate surface area is 143 Å². The average molecular weight is 337 g/mol. The Morgan fingerprint density at radius 3 is 2.48 bits per heavy atom. The highest BCUT2D eigenvalue weighted by molar-refractivity contribution is 5.81. The summed E-state index contributed by atoms with van der Waals surface area (Å²) < 4.78 is 0. The molecular weight excluding hydrogens is 322 g/mol. The van der Waals surface area contributed by atoms with Crippen LogP contribution in [0.4, 0.5) is 17.1 Å². The van der Waals surface area contributed by atoms with E-state index in [1.807, 2.05) is 48.2 Å². The maximum absolute atomic E-state index is 11.3. The summed E-state index contributed by atoms with van der Waals surface area (Å²) in [4.78, 5) is 23.0. The number of anilines is 1. The Bertz CT molecular complexity index is 918. The Hall–Kier alpha value is -3.48. The number of fused-ring (bicyclic) bond motifs is 1. The smallest absolute Gasteiger partial charge is 0.283 e. The van der Waals surface area contributed by atoms with Crippen molar-refractivity contribution < 1.29 is 9.85 Å². The van der Waals surface area contributed by atoms with Crippen molar-refractivity contribution in [3.8, 4) is 0 Å². The predicted molar refractivity (Wildman–Crippen MR) is 96.2 cm³/mol. The molecular formula is C18H15N3O4. The Morgan fingerprint density at radius 2 is 1.80 bits per heavy atom. The predicted octanol–water partition coefficient (Wildman–Crippen LogP) is 4.40. The van der Waals surface area contributed by atoms with Crippen LogP contribution in [0, 0.1) is 20.2 Å². The van der Waals surface area contributed by atoms with Gasteiger partial charge in [-0.25, -0.2) is 0 Å². The average Bonchev–Trinajstić information content (AvgIpc) is 2.61. The SMILES string of the molecule is CCN1C(=Cc2ccc([N+](=O)[O-])cc2[N+](=O)[O-])C=Cc2ccccc21. The van der Waals surface area contributed by atoms with Gasteiger partial charge in [0.2, 0.25) is 0 Å². The molecule has 0 saturated heterocycles. The van der Waals surface area contributed by atoms with Gasteiger partial charge in [-0.2, -0.15) is 0 Å². The number of benzene rings is 2. The molecule has 25 heavy (non-hydrogen) atoms. The lowest BCUT2D eigenvalue weighted by Gasteiger charge is -2.29. The molecule has 0 amide bonds. The van der Waals surface area contributed by atoms with Crippen molar-refractivity contribution in [2.75, 3.05) is 11.4 Å². The highest BCUT2D eigenvalue weighted by atomic mass is 16.6. The van der Waals surface area contributed by atoms with Gasteiger partial charge in [-0.05, 0) is 36.8 Å². The minimum atomic E-state index is -0.640. The number of non-ortho nitro benzene ring substituents is 1. The van der Waals surface area contributed by atoms with E-state index in [4.69, 9.17) is 0 Å². The van der Waals surface area contributed by atoms with Gasteiger partial charge in [-0.1, -0.05) is 24.3 Å². The van der Waals surface area contributed by atoms with Crippen LogP contribution in [-0.2, 0) is 0 Å². The van der Waals surface area contributed by atoms with E-state index < -0.39 is 9.85 Å². The molecule has 126 valence electrons. The number of likely N-dealkylation sites (N-methyl/N-ethyl adjacent to an activating group) is 1. The van der Waals surface area contributed by atoms with Crippen LogP contribution >= 0.6 is 0 Å². The number of para-hydroxylation sites is 1. The van der Waals surface area contributed by atoms with Crippen LogP contribution in [0.25, 0.3) is 12.2 Å². The van der Waals surface area contributed by atoms with Crippen molar-refractivity contribution in [3.63, 3.8) is 0 Å². The van der Waals surface area contributed by atoms with Crippen molar-refractivity contribution >= 4 is 29.2 Å². The normalized spacial score (nSPS) is 14.4. The van der Waals surface area contributed by atoms with E-state index in [1.165, 1.54) is 12.1 Å². The molecule has 1 aliphatic rings. The third kappa shape index (κ3) is 3.12. The van der Waals surface area contributed by atoms with Crippen LogP contribution in [0.2, 0.25) is 0 Å². The van der Waals surface area contributed by atoms with E-state index in [0.717, 1.165) is 23.0 Å². The minimum Gasteiger partial charge on any atom is -0.341 e. The molecule has 0 radical (unpaired) electrons. The largest absolute Gasteiger partial charge is 0.341 e. The van der Waals surface area contributed by atoms with Crippen LogP contribution < -0.4 is 4.90 Å². The van der Waals surface area contributed by atoms with Gasteiger partial charge in [0.05, 0.1) is 21.5 Å². The fraction of sp³-hybridized carbons (Fsp3) is 0.111. The molecule has 7 nitrogen and oxygen atoms in total. The lowest BCUT2D eigenvalue weighted by atomic mass is 10.0. The molecule has 1 aliphatic heterocycles. The highest BCUT2D eigenvalue weighted by Crippen LogP contribution is 2.33. The molecule has 2 aromatic carbocycles. The first-order valence-electron chi connectivity index (χ1n) is 7.70. The van der Waals surface area contributed by atoms with E-state index in [2.05, 4.69) is 0 Å². The third-order valence-corrected chi connectivity index (χ3v) is 4.01. The summed E-state index contributed by atoms with van der Waals surface area (Å²) in [6.45, 7) is 2.68. The van der Waals surface area contributed by atoms with Crippen molar-refractivity contribution in [2.45, 2.75) is 6.92 Å². The summed E-state index contributed by atoms with van der Waals surface area (Å²) in [5.41, 5.74) is 2.62. The maximum Gasteiger partial charge on any atom is 0.283 e. The second-order valence-electron chi connectivity index (χ2n) is 5.46. The molecule has 3 rings (SSSR count). The van der Waals surface area contributed by atoms with Gasteiger partial charge in [-0.15, -0.1) is 0 Å². The Kier molecular flexibility index (Phi) is 4.30. The molecule has 0 unspecified atom stereocenters. The van der Waals surface area contributed by atoms with Gasteiger partial charge < -0.3 is 4.90 Å². The summed E-state index contributed by atoms with van der Waals surface area (Å²) in [6, 6.07) is 11.5. The standard InChI is InChI=1S/C18H15N3O4/c1-2-19-15(9-7-13-5-3-4-6-17(13)19)11-14-8-10-16(20(22)23)12-18(14)21(24)25/h3-12H,2H2,1H3. The highest BCUT2D eigenvalue weighted by Gasteiger charge is 2.21. The number of hydrogen-bond acceptors (Lipinski definition) is 5. The van der Waals surface area contributed by atoms with E-state index >= 15 is 0 Å². The lowest BCUT2D eigenvalue weighted by molar-refractivity contribution is -0.394. The van der Waals surface area contributed by atoms with Crippen LogP contribution in [0.15, 0.2) is 54.2 Å². The van der Waals surface area contributed by atoms with Gasteiger partial charge in [-0.3, -0.25) is 20.2 Å². The summed E-state index contributed by atoms with van der Waals surface area (Å²) in [7, 11) is 0. The molecule has 0 spiro atoms. The fourth-order valence-corrected chi connectivity index (χ4v) is 2.84. The first-order chi connectivity index (χ1) is 12.0. The Morgan fingerprint density at radius 1 is 1.04 bits per heavy atom. The monoisotopic (exact) mass is 337 g/mol. The van der Waals surface area contributed by atoms with Crippen LogP contribution in [-0.4, -0.2) is 16.4 Å². The summed E-state index contributed by atoms with van der Waals surface area (Å²) in [6.07, 6.45) is 5.51. The molecule has 0 fully saturated rings. The second kappa shape index (κ2) is 6.56. The molecule has 0 aromatic heterocycles. The van der Waals surface area contributed by atoms with E-state index in [-0.39, 0.29) is 11.4 Å². The first kappa shape index (κ1) is 16.4. The summed E-state index contributed by atoms with van der Waals surface area (Å²) in [5.74, 6) is 0.